The number of nitrogen functional groups attached to an aromatic ring is 2. The first-order valence-electron chi connectivity index (χ1n) is 5.76. The SMILES string of the molecule is COCCNC(=O)CCNc1cc(NN)nc(N)n1. The molecular weight excluding hydrogens is 250 g/mol. The van der Waals surface area contributed by atoms with Crippen LogP contribution in [0.5, 0.6) is 0 Å². The summed E-state index contributed by atoms with van der Waals surface area (Å²) < 4.78 is 4.82. The number of carbonyl (C=O) groups is 1. The molecule has 19 heavy (non-hydrogen) atoms. The van der Waals surface area contributed by atoms with Gasteiger partial charge in [-0.1, -0.05) is 0 Å². The highest BCUT2D eigenvalue weighted by Crippen LogP contribution is 2.10. The van der Waals surface area contributed by atoms with Gasteiger partial charge >= 0.3 is 0 Å². The Bertz CT molecular complexity index is 413. The van der Waals surface area contributed by atoms with Gasteiger partial charge in [0.1, 0.15) is 11.6 Å². The maximum Gasteiger partial charge on any atom is 0.223 e. The van der Waals surface area contributed by atoms with Crippen molar-refractivity contribution in [3.8, 4) is 0 Å². The molecule has 106 valence electrons. The van der Waals surface area contributed by atoms with Crippen LogP contribution in [0.25, 0.3) is 0 Å². The number of anilines is 3. The van der Waals surface area contributed by atoms with E-state index in [2.05, 4.69) is 26.0 Å². The Hall–Kier alpha value is -2.13. The van der Waals surface area contributed by atoms with Crippen molar-refractivity contribution in [3.05, 3.63) is 6.07 Å². The molecule has 1 heterocycles. The lowest BCUT2D eigenvalue weighted by Crippen LogP contribution is -2.28. The summed E-state index contributed by atoms with van der Waals surface area (Å²) in [6, 6.07) is 1.60. The van der Waals surface area contributed by atoms with Gasteiger partial charge in [0.2, 0.25) is 11.9 Å². The van der Waals surface area contributed by atoms with E-state index in [4.69, 9.17) is 16.3 Å². The summed E-state index contributed by atoms with van der Waals surface area (Å²) in [6.07, 6.45) is 0.318. The molecule has 1 amide bonds. The average molecular weight is 269 g/mol. The highest BCUT2D eigenvalue weighted by atomic mass is 16.5. The van der Waals surface area contributed by atoms with Crippen LogP contribution in [-0.2, 0) is 9.53 Å². The molecule has 9 heteroatoms. The molecule has 0 bridgehead atoms. The predicted molar refractivity (Wildman–Crippen MR) is 72.2 cm³/mol. The van der Waals surface area contributed by atoms with E-state index in [1.165, 1.54) is 0 Å². The third-order valence-electron chi connectivity index (χ3n) is 2.18. The second kappa shape index (κ2) is 8.06. The Morgan fingerprint density at radius 2 is 2.11 bits per heavy atom. The van der Waals surface area contributed by atoms with Crippen LogP contribution in [0.3, 0.4) is 0 Å². The number of amides is 1. The van der Waals surface area contributed by atoms with Gasteiger partial charge in [-0.25, -0.2) is 5.84 Å². The molecule has 0 aliphatic carbocycles. The average Bonchev–Trinajstić information content (AvgIpc) is 2.38. The summed E-state index contributed by atoms with van der Waals surface area (Å²) in [5.41, 5.74) is 7.87. The minimum absolute atomic E-state index is 0.0660. The van der Waals surface area contributed by atoms with E-state index in [9.17, 15) is 4.79 Å². The number of ether oxygens (including phenoxy) is 1. The van der Waals surface area contributed by atoms with Crippen LogP contribution in [0, 0.1) is 0 Å². The number of nitrogens with two attached hydrogens (primary N) is 2. The number of carbonyl (C=O) groups excluding carboxylic acids is 1. The third-order valence-corrected chi connectivity index (χ3v) is 2.18. The van der Waals surface area contributed by atoms with Crippen molar-refractivity contribution in [1.82, 2.24) is 15.3 Å². The monoisotopic (exact) mass is 269 g/mol. The first-order chi connectivity index (χ1) is 9.15. The van der Waals surface area contributed by atoms with Crippen molar-refractivity contribution in [2.45, 2.75) is 6.42 Å². The molecule has 1 aromatic heterocycles. The topological polar surface area (TPSA) is 140 Å². The van der Waals surface area contributed by atoms with E-state index in [1.54, 1.807) is 13.2 Å². The summed E-state index contributed by atoms with van der Waals surface area (Å²) in [5.74, 6) is 6.17. The van der Waals surface area contributed by atoms with Gasteiger partial charge < -0.3 is 26.5 Å². The maximum atomic E-state index is 11.4. The van der Waals surface area contributed by atoms with Crippen LogP contribution in [0.15, 0.2) is 6.07 Å². The van der Waals surface area contributed by atoms with Crippen molar-refractivity contribution in [1.29, 1.82) is 0 Å². The molecule has 0 atom stereocenters. The largest absolute Gasteiger partial charge is 0.383 e. The van der Waals surface area contributed by atoms with E-state index >= 15 is 0 Å². The summed E-state index contributed by atoms with van der Waals surface area (Å²) in [5, 5.41) is 5.67. The zero-order chi connectivity index (χ0) is 14.1. The fraction of sp³-hybridized carbons (Fsp3) is 0.500. The maximum absolute atomic E-state index is 11.4. The molecule has 7 N–H and O–H groups in total. The van der Waals surface area contributed by atoms with Gasteiger partial charge in [0, 0.05) is 32.7 Å². The van der Waals surface area contributed by atoms with Crippen molar-refractivity contribution in [2.75, 3.05) is 43.3 Å². The zero-order valence-corrected chi connectivity index (χ0v) is 10.8. The van der Waals surface area contributed by atoms with Crippen molar-refractivity contribution in [3.63, 3.8) is 0 Å². The van der Waals surface area contributed by atoms with Gasteiger partial charge in [-0.15, -0.1) is 0 Å². The molecule has 0 spiro atoms. The van der Waals surface area contributed by atoms with Gasteiger partial charge in [-0.3, -0.25) is 4.79 Å². The molecule has 0 aliphatic rings. The Balaban J connectivity index is 2.32. The molecule has 1 aromatic rings. The fourth-order valence-electron chi connectivity index (χ4n) is 1.32. The molecular formula is C10H19N7O2. The lowest BCUT2D eigenvalue weighted by molar-refractivity contribution is -0.121. The number of hydrogen-bond donors (Lipinski definition) is 5. The number of nitrogens with zero attached hydrogens (tertiary/aromatic N) is 2. The lowest BCUT2D eigenvalue weighted by Gasteiger charge is -2.08. The van der Waals surface area contributed by atoms with E-state index < -0.39 is 0 Å². The summed E-state index contributed by atoms with van der Waals surface area (Å²) >= 11 is 0. The fourth-order valence-corrected chi connectivity index (χ4v) is 1.32. The van der Waals surface area contributed by atoms with Crippen molar-refractivity contribution >= 4 is 23.5 Å². The van der Waals surface area contributed by atoms with Gasteiger partial charge in [0.05, 0.1) is 6.61 Å². The molecule has 0 aromatic carbocycles. The van der Waals surface area contributed by atoms with Gasteiger partial charge in [0.25, 0.3) is 0 Å². The first-order valence-corrected chi connectivity index (χ1v) is 5.76. The minimum atomic E-state index is -0.0660. The summed E-state index contributed by atoms with van der Waals surface area (Å²) in [7, 11) is 1.58. The standard InChI is InChI=1S/C10H19N7O2/c1-19-5-4-14-9(18)2-3-13-7-6-8(17-12)16-10(11)15-7/h6H,2-5,12H2,1H3,(H,14,18)(H4,11,13,15,16,17). The number of hydrazine groups is 1. The van der Waals surface area contributed by atoms with Gasteiger partial charge in [0.15, 0.2) is 0 Å². The number of aromatic nitrogens is 2. The van der Waals surface area contributed by atoms with Gasteiger partial charge in [-0.2, -0.15) is 9.97 Å². The zero-order valence-electron chi connectivity index (χ0n) is 10.8. The van der Waals surface area contributed by atoms with Crippen LogP contribution >= 0.6 is 0 Å². The highest BCUT2D eigenvalue weighted by Gasteiger charge is 2.03. The Kier molecular flexibility index (Phi) is 6.33. The van der Waals surface area contributed by atoms with E-state index in [1.807, 2.05) is 0 Å². The Morgan fingerprint density at radius 1 is 1.37 bits per heavy atom. The van der Waals surface area contributed by atoms with Crippen LogP contribution in [0.2, 0.25) is 0 Å². The molecule has 0 radical (unpaired) electrons. The molecule has 0 fully saturated rings. The van der Waals surface area contributed by atoms with Crippen LogP contribution in [0.4, 0.5) is 17.6 Å². The Labute approximate surface area is 111 Å². The predicted octanol–water partition coefficient (Wildman–Crippen LogP) is -1.09. The summed E-state index contributed by atoms with van der Waals surface area (Å²) in [4.78, 5) is 19.2. The Morgan fingerprint density at radius 3 is 2.79 bits per heavy atom. The smallest absolute Gasteiger partial charge is 0.223 e. The second-order valence-corrected chi connectivity index (χ2v) is 3.66. The molecule has 0 unspecified atom stereocenters. The molecule has 0 aliphatic heterocycles. The number of nitrogens with one attached hydrogen (secondary N) is 3. The highest BCUT2D eigenvalue weighted by molar-refractivity contribution is 5.76. The minimum Gasteiger partial charge on any atom is -0.383 e. The number of rotatable bonds is 8. The van der Waals surface area contributed by atoms with E-state index in [0.29, 0.717) is 37.8 Å². The molecule has 9 nitrogen and oxygen atoms in total. The van der Waals surface area contributed by atoms with Crippen LogP contribution in [-0.4, -0.2) is 42.7 Å². The van der Waals surface area contributed by atoms with E-state index in [-0.39, 0.29) is 11.9 Å². The normalized spacial score (nSPS) is 10.0. The van der Waals surface area contributed by atoms with Crippen LogP contribution in [0.1, 0.15) is 6.42 Å². The number of hydrogen-bond acceptors (Lipinski definition) is 8. The van der Waals surface area contributed by atoms with Crippen LogP contribution < -0.4 is 27.6 Å². The number of methoxy groups -OCH3 is 1. The quantitative estimate of drug-likeness (QED) is 0.228. The molecule has 1 rings (SSSR count). The lowest BCUT2D eigenvalue weighted by atomic mass is 10.4. The first kappa shape index (κ1) is 14.9. The molecule has 0 saturated carbocycles. The van der Waals surface area contributed by atoms with Crippen molar-refractivity contribution in [2.24, 2.45) is 5.84 Å². The van der Waals surface area contributed by atoms with Crippen molar-refractivity contribution < 1.29 is 9.53 Å². The summed E-state index contributed by atoms with van der Waals surface area (Å²) in [6.45, 7) is 1.42. The van der Waals surface area contributed by atoms with Gasteiger partial charge in [-0.05, 0) is 0 Å². The molecule has 0 saturated heterocycles. The second-order valence-electron chi connectivity index (χ2n) is 3.66. The third kappa shape index (κ3) is 5.84. The van der Waals surface area contributed by atoms with E-state index in [0.717, 1.165) is 0 Å².